The molecule has 1 rings (SSSR count). The molecule has 6 nitrogen and oxygen atoms in total. The third kappa shape index (κ3) is 4.48. The van der Waals surface area contributed by atoms with Gasteiger partial charge in [0.2, 0.25) is 5.91 Å². The lowest BCUT2D eigenvalue weighted by atomic mass is 10.0. The van der Waals surface area contributed by atoms with Crippen LogP contribution in [-0.2, 0) is 20.7 Å². The predicted molar refractivity (Wildman–Crippen MR) is 79.6 cm³/mol. The number of rotatable bonds is 7. The molecule has 0 radical (unpaired) electrons. The fourth-order valence-electron chi connectivity index (χ4n) is 1.76. The zero-order chi connectivity index (χ0) is 15.1. The first-order valence-electron chi connectivity index (χ1n) is 6.73. The van der Waals surface area contributed by atoms with E-state index in [0.717, 1.165) is 12.8 Å². The number of amides is 1. The number of nitrogens with zero attached hydrogens (tertiary/aromatic N) is 1. The molecule has 20 heavy (non-hydrogen) atoms. The number of esters is 1. The van der Waals surface area contributed by atoms with Crippen molar-refractivity contribution in [1.29, 1.82) is 0 Å². The third-order valence-corrected chi connectivity index (χ3v) is 3.77. The van der Waals surface area contributed by atoms with Crippen LogP contribution in [0.4, 0.5) is 10.1 Å². The van der Waals surface area contributed by atoms with Gasteiger partial charge in [-0.3, -0.25) is 9.59 Å². The number of ether oxygens (including phenoxy) is 1. The number of nitrogen functional groups attached to an aromatic ring is 1. The summed E-state index contributed by atoms with van der Waals surface area (Å²) < 4.78 is 4.85. The minimum Gasteiger partial charge on any atom is -0.466 e. The number of carbonyl (C=O) groups excluding carboxylic acids is 2. The molecule has 1 heterocycles. The van der Waals surface area contributed by atoms with Gasteiger partial charge in [-0.25, -0.2) is 4.98 Å². The highest BCUT2D eigenvalue weighted by atomic mass is 32.1. The summed E-state index contributed by atoms with van der Waals surface area (Å²) in [4.78, 5) is 27.5. The molecule has 1 amide bonds. The van der Waals surface area contributed by atoms with Gasteiger partial charge >= 0.3 is 5.97 Å². The molecule has 0 aromatic carbocycles. The normalized spacial score (nSPS) is 10.6. The minimum absolute atomic E-state index is 0.0248. The molecular weight excluding hydrogens is 278 g/mol. The number of hydrogen-bond donors (Lipinski definition) is 2. The van der Waals surface area contributed by atoms with E-state index in [0.29, 0.717) is 22.4 Å². The summed E-state index contributed by atoms with van der Waals surface area (Å²) in [7, 11) is 0. The van der Waals surface area contributed by atoms with Gasteiger partial charge in [-0.05, 0) is 19.8 Å². The summed E-state index contributed by atoms with van der Waals surface area (Å²) in [5, 5.41) is 3.60. The van der Waals surface area contributed by atoms with Crippen molar-refractivity contribution in [2.24, 2.45) is 5.92 Å². The largest absolute Gasteiger partial charge is 0.466 e. The fourth-order valence-corrected chi connectivity index (χ4v) is 2.51. The maximum absolute atomic E-state index is 11.9. The zero-order valence-corrected chi connectivity index (χ0v) is 12.9. The SMILES string of the molecule is CCOC(=O)Cc1nc(NC(=O)C(CC)CC)sc1N. The van der Waals surface area contributed by atoms with Crippen molar-refractivity contribution in [3.8, 4) is 0 Å². The van der Waals surface area contributed by atoms with Crippen LogP contribution in [0.5, 0.6) is 0 Å². The van der Waals surface area contributed by atoms with Crippen LogP contribution in [-0.4, -0.2) is 23.5 Å². The van der Waals surface area contributed by atoms with Crippen LogP contribution in [0.3, 0.4) is 0 Å². The topological polar surface area (TPSA) is 94.3 Å². The van der Waals surface area contributed by atoms with Crippen LogP contribution < -0.4 is 11.1 Å². The highest BCUT2D eigenvalue weighted by Gasteiger charge is 2.18. The first kappa shape index (κ1) is 16.4. The molecule has 1 aromatic rings. The number of aromatic nitrogens is 1. The molecule has 0 aliphatic heterocycles. The van der Waals surface area contributed by atoms with Crippen molar-refractivity contribution in [3.05, 3.63) is 5.69 Å². The van der Waals surface area contributed by atoms with E-state index in [4.69, 9.17) is 10.5 Å². The van der Waals surface area contributed by atoms with Crippen LogP contribution in [0.25, 0.3) is 0 Å². The van der Waals surface area contributed by atoms with Crippen molar-refractivity contribution in [3.63, 3.8) is 0 Å². The standard InChI is InChI=1S/C13H21N3O3S/c1-4-8(5-2)12(18)16-13-15-9(11(14)20-13)7-10(17)19-6-3/h8H,4-7,14H2,1-3H3,(H,15,16,18). The number of nitrogens with one attached hydrogen (secondary N) is 1. The van der Waals surface area contributed by atoms with Crippen LogP contribution >= 0.6 is 11.3 Å². The Bertz CT molecular complexity index is 469. The maximum Gasteiger partial charge on any atom is 0.311 e. The van der Waals surface area contributed by atoms with Gasteiger partial charge in [0.1, 0.15) is 5.00 Å². The van der Waals surface area contributed by atoms with Gasteiger partial charge < -0.3 is 15.8 Å². The van der Waals surface area contributed by atoms with E-state index < -0.39 is 0 Å². The summed E-state index contributed by atoms with van der Waals surface area (Å²) in [5.74, 6) is -0.470. The minimum atomic E-state index is -0.373. The first-order valence-corrected chi connectivity index (χ1v) is 7.55. The van der Waals surface area contributed by atoms with Crippen molar-refractivity contribution in [1.82, 2.24) is 4.98 Å². The molecule has 3 N–H and O–H groups in total. The van der Waals surface area contributed by atoms with Crippen molar-refractivity contribution in [2.75, 3.05) is 17.7 Å². The summed E-state index contributed by atoms with van der Waals surface area (Å²) in [6.07, 6.45) is 1.58. The quantitative estimate of drug-likeness (QED) is 0.753. The summed E-state index contributed by atoms with van der Waals surface area (Å²) >= 11 is 1.17. The Balaban J connectivity index is 2.70. The lowest BCUT2D eigenvalue weighted by Crippen LogP contribution is -2.21. The molecule has 0 saturated heterocycles. The van der Waals surface area contributed by atoms with Crippen LogP contribution in [0.1, 0.15) is 39.3 Å². The highest BCUT2D eigenvalue weighted by molar-refractivity contribution is 7.19. The van der Waals surface area contributed by atoms with E-state index in [2.05, 4.69) is 10.3 Å². The molecular formula is C13H21N3O3S. The van der Waals surface area contributed by atoms with E-state index in [1.807, 2.05) is 13.8 Å². The Morgan fingerprint density at radius 1 is 1.35 bits per heavy atom. The zero-order valence-electron chi connectivity index (χ0n) is 12.1. The van der Waals surface area contributed by atoms with E-state index in [9.17, 15) is 9.59 Å². The van der Waals surface area contributed by atoms with E-state index in [1.54, 1.807) is 6.92 Å². The average molecular weight is 299 g/mol. The van der Waals surface area contributed by atoms with Crippen LogP contribution in [0, 0.1) is 5.92 Å². The number of thiazole rings is 1. The van der Waals surface area contributed by atoms with Crippen molar-refractivity contribution >= 4 is 33.3 Å². The first-order chi connectivity index (χ1) is 9.51. The Morgan fingerprint density at radius 2 is 2.00 bits per heavy atom. The lowest BCUT2D eigenvalue weighted by molar-refractivity contribution is -0.142. The van der Waals surface area contributed by atoms with Crippen molar-refractivity contribution < 1.29 is 14.3 Å². The molecule has 7 heteroatoms. The number of carbonyl (C=O) groups is 2. The predicted octanol–water partition coefficient (Wildman–Crippen LogP) is 2.21. The molecule has 0 unspecified atom stereocenters. The molecule has 1 aromatic heterocycles. The Labute approximate surface area is 122 Å². The van der Waals surface area contributed by atoms with E-state index in [-0.39, 0.29) is 24.2 Å². The van der Waals surface area contributed by atoms with Crippen LogP contribution in [0.2, 0.25) is 0 Å². The summed E-state index contributed by atoms with van der Waals surface area (Å²) in [5.41, 5.74) is 6.25. The lowest BCUT2D eigenvalue weighted by Gasteiger charge is -2.10. The number of nitrogens with two attached hydrogens (primary N) is 1. The maximum atomic E-state index is 11.9. The van der Waals surface area contributed by atoms with Gasteiger partial charge in [0.25, 0.3) is 0 Å². The Hall–Kier alpha value is -1.63. The summed E-state index contributed by atoms with van der Waals surface area (Å²) in [6, 6.07) is 0. The molecule has 0 fully saturated rings. The van der Waals surface area contributed by atoms with Gasteiger partial charge in [-0.2, -0.15) is 0 Å². The Morgan fingerprint density at radius 3 is 2.55 bits per heavy atom. The molecule has 0 aliphatic rings. The fraction of sp³-hybridized carbons (Fsp3) is 0.615. The van der Waals surface area contributed by atoms with Gasteiger partial charge in [0, 0.05) is 5.92 Å². The van der Waals surface area contributed by atoms with Crippen LogP contribution in [0.15, 0.2) is 0 Å². The smallest absolute Gasteiger partial charge is 0.311 e. The Kier molecular flexibility index (Phi) is 6.44. The number of hydrogen-bond acceptors (Lipinski definition) is 6. The molecule has 0 spiro atoms. The molecule has 0 atom stereocenters. The van der Waals surface area contributed by atoms with Crippen molar-refractivity contribution in [2.45, 2.75) is 40.0 Å². The monoisotopic (exact) mass is 299 g/mol. The van der Waals surface area contributed by atoms with Gasteiger partial charge in [-0.1, -0.05) is 25.2 Å². The molecule has 112 valence electrons. The van der Waals surface area contributed by atoms with Gasteiger partial charge in [-0.15, -0.1) is 0 Å². The number of anilines is 2. The third-order valence-electron chi connectivity index (χ3n) is 2.93. The second kappa shape index (κ2) is 7.84. The average Bonchev–Trinajstić information content (AvgIpc) is 2.71. The second-order valence-corrected chi connectivity index (χ2v) is 5.35. The summed E-state index contributed by atoms with van der Waals surface area (Å²) in [6.45, 7) is 6.00. The molecule has 0 bridgehead atoms. The van der Waals surface area contributed by atoms with E-state index in [1.165, 1.54) is 11.3 Å². The highest BCUT2D eigenvalue weighted by Crippen LogP contribution is 2.26. The van der Waals surface area contributed by atoms with E-state index >= 15 is 0 Å². The second-order valence-electron chi connectivity index (χ2n) is 4.31. The van der Waals surface area contributed by atoms with Gasteiger partial charge in [0.05, 0.1) is 18.7 Å². The molecule has 0 aliphatic carbocycles. The van der Waals surface area contributed by atoms with Gasteiger partial charge in [0.15, 0.2) is 5.13 Å². The molecule has 0 saturated carbocycles.